The number of rotatable bonds is 7. The number of hydrogen-bond acceptors (Lipinski definition) is 3. The first-order valence-corrected chi connectivity index (χ1v) is 7.57. The molecule has 0 unspecified atom stereocenters. The van der Waals surface area contributed by atoms with Gasteiger partial charge in [-0.3, -0.25) is 4.79 Å². The van der Waals surface area contributed by atoms with E-state index in [1.165, 1.54) is 12.1 Å². The molecule has 0 bridgehead atoms. The van der Waals surface area contributed by atoms with Crippen molar-refractivity contribution in [2.45, 2.75) is 20.4 Å². The number of halogens is 1. The molecule has 4 nitrogen and oxygen atoms in total. The van der Waals surface area contributed by atoms with E-state index in [2.05, 4.69) is 5.32 Å². The second kappa shape index (κ2) is 8.17. The molecule has 2 aromatic carbocycles. The van der Waals surface area contributed by atoms with Gasteiger partial charge in [0.15, 0.2) is 11.5 Å². The van der Waals surface area contributed by atoms with Crippen LogP contribution in [0.15, 0.2) is 42.5 Å². The van der Waals surface area contributed by atoms with Crippen LogP contribution in [0.3, 0.4) is 0 Å². The fraction of sp³-hybridized carbons (Fsp3) is 0.278. The second-order valence-electron chi connectivity index (χ2n) is 4.81. The van der Waals surface area contributed by atoms with Gasteiger partial charge in [-0.2, -0.15) is 0 Å². The van der Waals surface area contributed by atoms with Gasteiger partial charge >= 0.3 is 0 Å². The van der Waals surface area contributed by atoms with Crippen LogP contribution in [0, 0.1) is 5.82 Å². The molecule has 122 valence electrons. The van der Waals surface area contributed by atoms with Crippen LogP contribution < -0.4 is 14.8 Å². The lowest BCUT2D eigenvalue weighted by molar-refractivity contribution is 0.0947. The van der Waals surface area contributed by atoms with Crippen molar-refractivity contribution in [2.24, 2.45) is 0 Å². The van der Waals surface area contributed by atoms with Crippen LogP contribution in [0.2, 0.25) is 0 Å². The quantitative estimate of drug-likeness (QED) is 0.849. The molecule has 0 saturated carbocycles. The first-order chi connectivity index (χ1) is 11.2. The van der Waals surface area contributed by atoms with Crippen molar-refractivity contribution in [1.29, 1.82) is 0 Å². The van der Waals surface area contributed by atoms with E-state index in [9.17, 15) is 9.18 Å². The van der Waals surface area contributed by atoms with Crippen molar-refractivity contribution in [3.63, 3.8) is 0 Å². The number of hydrogen-bond donors (Lipinski definition) is 1. The summed E-state index contributed by atoms with van der Waals surface area (Å²) in [7, 11) is 0. The van der Waals surface area contributed by atoms with Gasteiger partial charge in [-0.15, -0.1) is 0 Å². The predicted octanol–water partition coefficient (Wildman–Crippen LogP) is 3.55. The summed E-state index contributed by atoms with van der Waals surface area (Å²) in [6, 6.07) is 11.4. The van der Waals surface area contributed by atoms with Crippen molar-refractivity contribution >= 4 is 5.91 Å². The molecule has 0 fully saturated rings. The molecule has 2 aromatic rings. The van der Waals surface area contributed by atoms with Crippen LogP contribution in [0.1, 0.15) is 29.8 Å². The number of benzene rings is 2. The van der Waals surface area contributed by atoms with Gasteiger partial charge in [0.25, 0.3) is 5.91 Å². The minimum Gasteiger partial charge on any atom is -0.490 e. The Morgan fingerprint density at radius 2 is 1.74 bits per heavy atom. The van der Waals surface area contributed by atoms with Crippen LogP contribution in [0.4, 0.5) is 4.39 Å². The van der Waals surface area contributed by atoms with Gasteiger partial charge in [0.1, 0.15) is 5.82 Å². The molecule has 23 heavy (non-hydrogen) atoms. The third kappa shape index (κ3) is 4.45. The van der Waals surface area contributed by atoms with E-state index in [0.29, 0.717) is 24.7 Å². The molecule has 2 rings (SSSR count). The Morgan fingerprint density at radius 3 is 2.43 bits per heavy atom. The van der Waals surface area contributed by atoms with Crippen LogP contribution >= 0.6 is 0 Å². The van der Waals surface area contributed by atoms with Crippen molar-refractivity contribution in [3.05, 3.63) is 59.4 Å². The summed E-state index contributed by atoms with van der Waals surface area (Å²) in [6.07, 6.45) is 0. The predicted molar refractivity (Wildman–Crippen MR) is 86.4 cm³/mol. The molecule has 0 aliphatic carbocycles. The van der Waals surface area contributed by atoms with Crippen LogP contribution in [-0.4, -0.2) is 19.1 Å². The van der Waals surface area contributed by atoms with Crippen molar-refractivity contribution in [3.8, 4) is 11.5 Å². The summed E-state index contributed by atoms with van der Waals surface area (Å²) in [5.74, 6) is 0.312. The molecule has 0 heterocycles. The Morgan fingerprint density at radius 1 is 1.04 bits per heavy atom. The first kappa shape index (κ1) is 16.8. The van der Waals surface area contributed by atoms with E-state index in [0.717, 1.165) is 5.56 Å². The Kier molecular flexibility index (Phi) is 5.97. The largest absolute Gasteiger partial charge is 0.490 e. The molecule has 0 radical (unpaired) electrons. The fourth-order valence-corrected chi connectivity index (χ4v) is 2.13. The zero-order chi connectivity index (χ0) is 16.7. The van der Waals surface area contributed by atoms with Crippen LogP contribution in [-0.2, 0) is 6.54 Å². The Bertz CT molecular complexity index is 673. The van der Waals surface area contributed by atoms with E-state index in [1.54, 1.807) is 18.2 Å². The number of carbonyl (C=O) groups excluding carboxylic acids is 1. The number of nitrogens with one attached hydrogen (secondary N) is 1. The molecule has 0 aliphatic heterocycles. The van der Waals surface area contributed by atoms with E-state index in [-0.39, 0.29) is 12.1 Å². The average molecular weight is 317 g/mol. The third-order valence-corrected chi connectivity index (χ3v) is 3.18. The van der Waals surface area contributed by atoms with Gasteiger partial charge < -0.3 is 14.8 Å². The fourth-order valence-electron chi connectivity index (χ4n) is 2.13. The molecule has 0 saturated heterocycles. The molecular formula is C18H20FNO3. The minimum absolute atomic E-state index is 0.0310. The van der Waals surface area contributed by atoms with E-state index >= 15 is 0 Å². The number of carbonyl (C=O) groups is 1. The first-order valence-electron chi connectivity index (χ1n) is 7.57. The maximum atomic E-state index is 13.6. The molecule has 0 spiro atoms. The summed E-state index contributed by atoms with van der Waals surface area (Å²) >= 11 is 0. The number of amides is 1. The monoisotopic (exact) mass is 317 g/mol. The van der Waals surface area contributed by atoms with Crippen LogP contribution in [0.25, 0.3) is 0 Å². The Balaban J connectivity index is 2.07. The van der Waals surface area contributed by atoms with Gasteiger partial charge in [-0.05, 0) is 43.7 Å². The smallest absolute Gasteiger partial charge is 0.254 e. The van der Waals surface area contributed by atoms with Crippen molar-refractivity contribution in [2.75, 3.05) is 13.2 Å². The Hall–Kier alpha value is -2.56. The molecule has 1 amide bonds. The standard InChI is InChI=1S/C18H20FNO3/c1-3-22-16-10-9-13(11-17(16)23-4-2)12-20-18(21)14-7-5-6-8-15(14)19/h5-11H,3-4,12H2,1-2H3,(H,20,21). The van der Waals surface area contributed by atoms with Gasteiger partial charge in [-0.25, -0.2) is 4.39 Å². The van der Waals surface area contributed by atoms with Gasteiger partial charge in [0, 0.05) is 6.54 Å². The number of ether oxygens (including phenoxy) is 2. The maximum absolute atomic E-state index is 13.6. The molecule has 1 N–H and O–H groups in total. The van der Waals surface area contributed by atoms with E-state index < -0.39 is 11.7 Å². The zero-order valence-electron chi connectivity index (χ0n) is 13.3. The van der Waals surface area contributed by atoms with Crippen LogP contribution in [0.5, 0.6) is 11.5 Å². The summed E-state index contributed by atoms with van der Waals surface area (Å²) in [6.45, 7) is 5.13. The minimum atomic E-state index is -0.535. The summed E-state index contributed by atoms with van der Waals surface area (Å²) in [5, 5.41) is 2.70. The van der Waals surface area contributed by atoms with Crippen molar-refractivity contribution < 1.29 is 18.7 Å². The lowest BCUT2D eigenvalue weighted by Gasteiger charge is -2.13. The van der Waals surface area contributed by atoms with Gasteiger partial charge in [0.2, 0.25) is 0 Å². The molecule has 0 aliphatic rings. The summed E-state index contributed by atoms with van der Waals surface area (Å²) in [4.78, 5) is 12.0. The molecule has 0 aromatic heterocycles. The highest BCUT2D eigenvalue weighted by Crippen LogP contribution is 2.28. The summed E-state index contributed by atoms with van der Waals surface area (Å²) < 4.78 is 24.6. The highest BCUT2D eigenvalue weighted by atomic mass is 19.1. The summed E-state index contributed by atoms with van der Waals surface area (Å²) in [5.41, 5.74) is 0.880. The molecule has 0 atom stereocenters. The topological polar surface area (TPSA) is 47.6 Å². The molecular weight excluding hydrogens is 297 g/mol. The maximum Gasteiger partial charge on any atom is 0.254 e. The highest BCUT2D eigenvalue weighted by Gasteiger charge is 2.11. The zero-order valence-corrected chi connectivity index (χ0v) is 13.3. The average Bonchev–Trinajstić information content (AvgIpc) is 2.55. The second-order valence-corrected chi connectivity index (χ2v) is 4.81. The Labute approximate surface area is 135 Å². The SMILES string of the molecule is CCOc1ccc(CNC(=O)c2ccccc2F)cc1OCC. The van der Waals surface area contributed by atoms with E-state index in [1.807, 2.05) is 26.0 Å². The lowest BCUT2D eigenvalue weighted by atomic mass is 10.1. The normalized spacial score (nSPS) is 10.2. The highest BCUT2D eigenvalue weighted by molar-refractivity contribution is 5.94. The van der Waals surface area contributed by atoms with Gasteiger partial charge in [-0.1, -0.05) is 18.2 Å². The molecule has 5 heteroatoms. The van der Waals surface area contributed by atoms with Gasteiger partial charge in [0.05, 0.1) is 18.8 Å². The van der Waals surface area contributed by atoms with Crippen molar-refractivity contribution in [1.82, 2.24) is 5.32 Å². The van der Waals surface area contributed by atoms with E-state index in [4.69, 9.17) is 9.47 Å². The third-order valence-electron chi connectivity index (χ3n) is 3.18. The lowest BCUT2D eigenvalue weighted by Crippen LogP contribution is -2.23.